The van der Waals surface area contributed by atoms with E-state index in [1.807, 2.05) is 53.6 Å². The van der Waals surface area contributed by atoms with Crippen LogP contribution in [0.15, 0.2) is 110 Å². The largest absolute Gasteiger partial charge is 0.457 e. The molecule has 9 aromatic rings. The van der Waals surface area contributed by atoms with Gasteiger partial charge in [-0.2, -0.15) is 0 Å². The van der Waals surface area contributed by atoms with Crippen LogP contribution in [-0.4, -0.2) is 28.7 Å². The molecule has 0 spiro atoms. The molecule has 0 atom stereocenters. The third kappa shape index (κ3) is 4.19. The molecule has 7 heteroatoms. The molecule has 47 heavy (non-hydrogen) atoms. The van der Waals surface area contributed by atoms with Gasteiger partial charge >= 0.3 is 0 Å². The summed E-state index contributed by atoms with van der Waals surface area (Å²) in [6.07, 6.45) is 9.41. The van der Waals surface area contributed by atoms with E-state index >= 15 is 0 Å². The number of hydrogen-bond donors (Lipinski definition) is 0. The summed E-state index contributed by atoms with van der Waals surface area (Å²) in [7, 11) is 0. The Bertz CT molecular complexity index is 2660. The van der Waals surface area contributed by atoms with Crippen molar-refractivity contribution < 1.29 is 4.74 Å². The van der Waals surface area contributed by atoms with Crippen LogP contribution in [0.3, 0.4) is 0 Å². The van der Waals surface area contributed by atoms with Crippen molar-refractivity contribution in [3.8, 4) is 22.8 Å². The van der Waals surface area contributed by atoms with Gasteiger partial charge in [-0.15, -0.1) is 0 Å². The van der Waals surface area contributed by atoms with Gasteiger partial charge in [-0.1, -0.05) is 45.9 Å². The molecule has 0 saturated heterocycles. The van der Waals surface area contributed by atoms with Crippen LogP contribution in [0.1, 0.15) is 50.7 Å². The van der Waals surface area contributed by atoms with Gasteiger partial charge in [0.15, 0.2) is 0 Å². The minimum Gasteiger partial charge on any atom is -0.457 e. The lowest BCUT2D eigenvalue weighted by Crippen LogP contribution is -2.02. The number of benzene rings is 3. The molecular weight excluding hydrogens is 580 g/mol. The maximum absolute atomic E-state index is 6.51. The first-order valence-corrected chi connectivity index (χ1v) is 16.1. The van der Waals surface area contributed by atoms with Crippen LogP contribution in [0, 0.1) is 0 Å². The zero-order valence-electron chi connectivity index (χ0n) is 26.6. The normalized spacial score (nSPS) is 12.2. The van der Waals surface area contributed by atoms with Gasteiger partial charge in [-0.3, -0.25) is 8.80 Å². The predicted molar refractivity (Wildman–Crippen MR) is 190 cm³/mol. The van der Waals surface area contributed by atoms with Crippen LogP contribution in [0.2, 0.25) is 0 Å². The van der Waals surface area contributed by atoms with Crippen molar-refractivity contribution in [2.75, 3.05) is 0 Å². The first kappa shape index (κ1) is 27.5. The maximum atomic E-state index is 6.51. The molecule has 3 aromatic carbocycles. The molecule has 0 aliphatic heterocycles. The summed E-state index contributed by atoms with van der Waals surface area (Å²) in [5, 5.41) is 6.34. The Morgan fingerprint density at radius 3 is 1.66 bits per heavy atom. The van der Waals surface area contributed by atoms with E-state index in [-0.39, 0.29) is 0 Å². The van der Waals surface area contributed by atoms with Crippen LogP contribution in [0.25, 0.3) is 66.2 Å². The van der Waals surface area contributed by atoms with Gasteiger partial charge in [-0.05, 0) is 94.4 Å². The molecule has 0 aliphatic carbocycles. The Hall–Kier alpha value is -5.82. The lowest BCUT2D eigenvalue weighted by molar-refractivity contribution is 0.484. The average Bonchev–Trinajstić information content (AvgIpc) is 3.79. The minimum atomic E-state index is 0.383. The zero-order valence-corrected chi connectivity index (χ0v) is 26.6. The molecule has 0 amide bonds. The van der Waals surface area contributed by atoms with E-state index in [0.29, 0.717) is 11.8 Å². The molecule has 0 N–H and O–H groups in total. The number of ether oxygens (including phenoxy) is 1. The molecular formula is C40H32N6O. The summed E-state index contributed by atoms with van der Waals surface area (Å²) in [6, 6.07) is 27.5. The number of imidazole rings is 2. The number of pyridine rings is 4. The highest BCUT2D eigenvalue weighted by Gasteiger charge is 2.19. The van der Waals surface area contributed by atoms with Crippen molar-refractivity contribution in [2.24, 2.45) is 0 Å². The summed E-state index contributed by atoms with van der Waals surface area (Å²) >= 11 is 0. The fourth-order valence-corrected chi connectivity index (χ4v) is 7.12. The molecule has 0 aliphatic rings. The van der Waals surface area contributed by atoms with Crippen LogP contribution in [-0.2, 0) is 0 Å². The lowest BCUT2D eigenvalue weighted by atomic mass is 9.87. The second-order valence-electron chi connectivity index (χ2n) is 12.8. The van der Waals surface area contributed by atoms with Gasteiger partial charge in [0.1, 0.15) is 34.1 Å². The topological polar surface area (TPSA) is 69.6 Å². The average molecular weight is 613 g/mol. The second kappa shape index (κ2) is 10.4. The number of rotatable bonds is 5. The quantitative estimate of drug-likeness (QED) is 0.181. The molecule has 228 valence electrons. The first-order valence-electron chi connectivity index (χ1n) is 16.1. The fraction of sp³-hybridized carbons (Fsp3) is 0.150. The highest BCUT2D eigenvalue weighted by Crippen LogP contribution is 2.39. The first-order chi connectivity index (χ1) is 23.0. The van der Waals surface area contributed by atoms with Gasteiger partial charge in [0.05, 0.1) is 5.69 Å². The van der Waals surface area contributed by atoms with Crippen molar-refractivity contribution in [2.45, 2.75) is 39.5 Å². The van der Waals surface area contributed by atoms with E-state index in [4.69, 9.17) is 14.7 Å². The third-order valence-corrected chi connectivity index (χ3v) is 9.31. The van der Waals surface area contributed by atoms with E-state index < -0.39 is 0 Å². The Balaban J connectivity index is 1.18. The summed E-state index contributed by atoms with van der Waals surface area (Å²) < 4.78 is 10.6. The van der Waals surface area contributed by atoms with Gasteiger partial charge < -0.3 is 4.74 Å². The molecule has 6 aromatic heterocycles. The van der Waals surface area contributed by atoms with Crippen LogP contribution >= 0.6 is 0 Å². The summed E-state index contributed by atoms with van der Waals surface area (Å²) in [5.41, 5.74) is 8.35. The lowest BCUT2D eigenvalue weighted by Gasteiger charge is -2.20. The molecule has 0 saturated carbocycles. The molecule has 0 unspecified atom stereocenters. The Morgan fingerprint density at radius 2 is 1.04 bits per heavy atom. The molecule has 7 nitrogen and oxygen atoms in total. The minimum absolute atomic E-state index is 0.383. The third-order valence-electron chi connectivity index (χ3n) is 9.31. The second-order valence-corrected chi connectivity index (χ2v) is 12.8. The highest BCUT2D eigenvalue weighted by molar-refractivity contribution is 6.12. The van der Waals surface area contributed by atoms with E-state index in [1.54, 1.807) is 0 Å². The molecule has 0 radical (unpaired) electrons. The van der Waals surface area contributed by atoms with Crippen molar-refractivity contribution >= 4 is 54.9 Å². The number of aromatic nitrogens is 6. The SMILES string of the molecule is CC(C)c1cccc(C(C)C)c1-c1ccc2c3ccc(Oc4ccc5c6cccnc6n6ccnc6c5c4)cc3c3nccn3c2n1. The van der Waals surface area contributed by atoms with E-state index in [9.17, 15) is 0 Å². The summed E-state index contributed by atoms with van der Waals surface area (Å²) in [6.45, 7) is 9.00. The number of nitrogens with zero attached hydrogens (tertiary/aromatic N) is 6. The van der Waals surface area contributed by atoms with Crippen molar-refractivity contribution in [3.63, 3.8) is 0 Å². The summed E-state index contributed by atoms with van der Waals surface area (Å²) in [5.74, 6) is 2.24. The predicted octanol–water partition coefficient (Wildman–Crippen LogP) is 10.1. The number of fused-ring (bicyclic) bond motifs is 12. The van der Waals surface area contributed by atoms with Gasteiger partial charge in [0, 0.05) is 58.1 Å². The maximum Gasteiger partial charge on any atom is 0.146 e. The highest BCUT2D eigenvalue weighted by atomic mass is 16.5. The smallest absolute Gasteiger partial charge is 0.146 e. The standard InChI is InChI=1S/C40H32N6O/c1-23(2)27-7-5-8-28(24(3)4)36(27)35-15-14-32-30-13-11-26(22-34(30)39-43-18-20-46(39)40(32)44-35)47-25-10-12-29-31-9-6-16-41-37(31)45-19-17-42-38(45)33(29)21-25/h5-24H,1-4H3. The van der Waals surface area contributed by atoms with Crippen LogP contribution < -0.4 is 4.74 Å². The molecule has 9 rings (SSSR count). The molecule has 6 heterocycles. The number of hydrogen-bond acceptors (Lipinski definition) is 5. The Kier molecular flexibility index (Phi) is 6.06. The summed E-state index contributed by atoms with van der Waals surface area (Å²) in [4.78, 5) is 19.4. The van der Waals surface area contributed by atoms with Gasteiger partial charge in [0.2, 0.25) is 0 Å². The van der Waals surface area contributed by atoms with Crippen molar-refractivity contribution in [1.82, 2.24) is 28.7 Å². The zero-order chi connectivity index (χ0) is 31.8. The monoisotopic (exact) mass is 612 g/mol. The fourth-order valence-electron chi connectivity index (χ4n) is 7.12. The van der Waals surface area contributed by atoms with Gasteiger partial charge in [0.25, 0.3) is 0 Å². The van der Waals surface area contributed by atoms with E-state index in [0.717, 1.165) is 72.1 Å². The molecule has 0 bridgehead atoms. The van der Waals surface area contributed by atoms with Crippen molar-refractivity contribution in [3.05, 3.63) is 121 Å². The van der Waals surface area contributed by atoms with Crippen LogP contribution in [0.5, 0.6) is 11.5 Å². The Morgan fingerprint density at radius 1 is 0.511 bits per heavy atom. The van der Waals surface area contributed by atoms with Crippen LogP contribution in [0.4, 0.5) is 0 Å². The van der Waals surface area contributed by atoms with Crippen molar-refractivity contribution in [1.29, 1.82) is 0 Å². The molecule has 0 fully saturated rings. The Labute approximate surface area is 271 Å². The van der Waals surface area contributed by atoms with Gasteiger partial charge in [-0.25, -0.2) is 19.9 Å². The van der Waals surface area contributed by atoms with E-state index in [2.05, 4.69) is 103 Å². The van der Waals surface area contributed by atoms with E-state index in [1.165, 1.54) is 16.7 Å².